The van der Waals surface area contributed by atoms with Crippen LogP contribution in [-0.4, -0.2) is 15.0 Å². The number of pyridine rings is 1. The summed E-state index contributed by atoms with van der Waals surface area (Å²) in [5.74, 6) is 0.887. The van der Waals surface area contributed by atoms with Crippen molar-refractivity contribution in [2.24, 2.45) is 0 Å². The quantitative estimate of drug-likeness (QED) is 0.188. The van der Waals surface area contributed by atoms with Gasteiger partial charge in [0.2, 0.25) is 5.71 Å². The van der Waals surface area contributed by atoms with Crippen molar-refractivity contribution in [2.45, 2.75) is 47.0 Å². The van der Waals surface area contributed by atoms with Crippen LogP contribution in [0.3, 0.4) is 0 Å². The normalized spacial score (nSPS) is 10.9. The molecule has 0 unspecified atom stereocenters. The minimum absolute atomic E-state index is 0. The van der Waals surface area contributed by atoms with Gasteiger partial charge in [0.25, 0.3) is 0 Å². The summed E-state index contributed by atoms with van der Waals surface area (Å²) >= 11 is 0. The van der Waals surface area contributed by atoms with Crippen LogP contribution in [0.25, 0.3) is 33.6 Å². The van der Waals surface area contributed by atoms with Crippen LogP contribution in [0.2, 0.25) is 0 Å². The van der Waals surface area contributed by atoms with Crippen molar-refractivity contribution in [3.63, 3.8) is 0 Å². The molecule has 3 aromatic heterocycles. The van der Waals surface area contributed by atoms with Gasteiger partial charge in [0.15, 0.2) is 0 Å². The Balaban J connectivity index is 0.000000211. The molecule has 0 bridgehead atoms. The second kappa shape index (κ2) is 11.1. The van der Waals surface area contributed by atoms with Gasteiger partial charge in [-0.05, 0) is 43.5 Å². The summed E-state index contributed by atoms with van der Waals surface area (Å²) in [6.07, 6.45) is 1.55. The molecule has 0 saturated carbocycles. The molecule has 0 N–H and O–H groups in total. The molecule has 2 aromatic carbocycles. The molecule has 0 aliphatic heterocycles. The van der Waals surface area contributed by atoms with Crippen molar-refractivity contribution in [3.8, 4) is 22.5 Å². The van der Waals surface area contributed by atoms with Gasteiger partial charge < -0.3 is 9.40 Å². The van der Waals surface area contributed by atoms with Crippen LogP contribution in [0.4, 0.5) is 0 Å². The average Bonchev–Trinajstić information content (AvgIpc) is 3.13. The Morgan fingerprint density at radius 1 is 0.829 bits per heavy atom. The predicted octanol–water partition coefficient (Wildman–Crippen LogP) is 7.46. The first-order chi connectivity index (χ1) is 16.2. The zero-order valence-electron chi connectivity index (χ0n) is 20.9. The van der Waals surface area contributed by atoms with Gasteiger partial charge in [-0.3, -0.25) is 4.98 Å². The second-order valence-electron chi connectivity index (χ2n) is 9.37. The molecule has 0 fully saturated rings. The van der Waals surface area contributed by atoms with Gasteiger partial charge in [-0.15, -0.1) is 71.3 Å². The minimum atomic E-state index is 0. The number of aryl methyl sites for hydroxylation is 3. The summed E-state index contributed by atoms with van der Waals surface area (Å²) in [4.78, 5) is 13.1. The molecule has 3 heterocycles. The van der Waals surface area contributed by atoms with E-state index in [1.165, 1.54) is 5.56 Å². The van der Waals surface area contributed by atoms with Crippen LogP contribution in [0.1, 0.15) is 43.4 Å². The van der Waals surface area contributed by atoms with Crippen molar-refractivity contribution in [2.75, 3.05) is 0 Å². The van der Waals surface area contributed by atoms with E-state index in [-0.39, 0.29) is 25.5 Å². The summed E-state index contributed by atoms with van der Waals surface area (Å²) in [6.45, 7) is 12.6. The van der Waals surface area contributed by atoms with Gasteiger partial charge in [0, 0.05) is 36.9 Å². The number of hydrogen-bond donors (Lipinski definition) is 0. The first-order valence-corrected chi connectivity index (χ1v) is 11.4. The SMILES string of the molecule is Cc1cccc(-c2[c-]cccc2)n1.Cc1oc2ncnc(-c3[c-]cc(C(C)(C)C)cc3)c2c1C.[Ir]. The van der Waals surface area contributed by atoms with Crippen molar-refractivity contribution < 1.29 is 24.5 Å². The Morgan fingerprint density at radius 2 is 1.63 bits per heavy atom. The Kier molecular flexibility index (Phi) is 8.37. The topological polar surface area (TPSA) is 51.8 Å². The van der Waals surface area contributed by atoms with Crippen LogP contribution in [0.15, 0.2) is 71.4 Å². The molecular weight excluding hydrogens is 611 g/mol. The molecule has 5 rings (SSSR count). The molecule has 1 radical (unpaired) electrons. The number of fused-ring (bicyclic) bond motifs is 1. The van der Waals surface area contributed by atoms with Crippen molar-refractivity contribution in [1.82, 2.24) is 15.0 Å². The van der Waals surface area contributed by atoms with E-state index in [1.807, 2.05) is 69.3 Å². The third-order valence-electron chi connectivity index (χ3n) is 5.77. The van der Waals surface area contributed by atoms with Crippen LogP contribution in [-0.2, 0) is 25.5 Å². The van der Waals surface area contributed by atoms with Crippen LogP contribution >= 0.6 is 0 Å². The summed E-state index contributed by atoms with van der Waals surface area (Å²) in [5.41, 5.74) is 8.04. The fraction of sp³-hybridized carbons (Fsp3) is 0.233. The smallest absolute Gasteiger partial charge is 0.220 e. The number of furan rings is 1. The second-order valence-corrected chi connectivity index (χ2v) is 9.37. The maximum Gasteiger partial charge on any atom is 0.220 e. The molecule has 0 atom stereocenters. The first-order valence-electron chi connectivity index (χ1n) is 11.4. The summed E-state index contributed by atoms with van der Waals surface area (Å²) < 4.78 is 5.67. The number of nitrogens with zero attached hydrogens (tertiary/aromatic N) is 3. The molecule has 5 aromatic rings. The van der Waals surface area contributed by atoms with Crippen molar-refractivity contribution in [1.29, 1.82) is 0 Å². The van der Waals surface area contributed by atoms with E-state index in [0.29, 0.717) is 5.71 Å². The van der Waals surface area contributed by atoms with E-state index in [2.05, 4.69) is 60.0 Å². The van der Waals surface area contributed by atoms with Gasteiger partial charge in [-0.25, -0.2) is 4.98 Å². The molecule has 0 amide bonds. The first kappa shape index (κ1) is 26.5. The van der Waals surface area contributed by atoms with E-state index >= 15 is 0 Å². The Labute approximate surface area is 221 Å². The molecule has 0 aliphatic carbocycles. The predicted molar refractivity (Wildman–Crippen MR) is 137 cm³/mol. The van der Waals surface area contributed by atoms with Gasteiger partial charge in [-0.1, -0.05) is 32.9 Å². The Hall–Kier alpha value is -3.14. The van der Waals surface area contributed by atoms with Gasteiger partial charge in [0.1, 0.15) is 12.1 Å². The van der Waals surface area contributed by atoms with Crippen molar-refractivity contribution in [3.05, 3.63) is 102 Å². The largest absolute Gasteiger partial charge is 0.444 e. The third-order valence-corrected chi connectivity index (χ3v) is 5.77. The third kappa shape index (κ3) is 6.11. The Morgan fingerprint density at radius 3 is 2.26 bits per heavy atom. The van der Waals surface area contributed by atoms with Crippen LogP contribution in [0, 0.1) is 32.9 Å². The van der Waals surface area contributed by atoms with E-state index < -0.39 is 0 Å². The zero-order chi connectivity index (χ0) is 24.3. The van der Waals surface area contributed by atoms with Crippen molar-refractivity contribution >= 4 is 11.1 Å². The maximum atomic E-state index is 5.67. The minimum Gasteiger partial charge on any atom is -0.444 e. The van der Waals surface area contributed by atoms with Gasteiger partial charge in [-0.2, -0.15) is 0 Å². The number of rotatable bonds is 2. The number of benzene rings is 2. The van der Waals surface area contributed by atoms with E-state index in [9.17, 15) is 0 Å². The summed E-state index contributed by atoms with van der Waals surface area (Å²) in [7, 11) is 0. The van der Waals surface area contributed by atoms with Gasteiger partial charge in [0.05, 0.1) is 0 Å². The maximum absolute atomic E-state index is 5.67. The average molecular weight is 640 g/mol. The Bertz CT molecular complexity index is 1400. The van der Waals surface area contributed by atoms with Crippen LogP contribution in [0.5, 0.6) is 0 Å². The van der Waals surface area contributed by atoms with E-state index in [4.69, 9.17) is 4.42 Å². The zero-order valence-corrected chi connectivity index (χ0v) is 23.3. The number of aromatic nitrogens is 3. The molecular formula is C30H29IrN3O-2. The fourth-order valence-electron chi connectivity index (χ4n) is 3.67. The molecule has 35 heavy (non-hydrogen) atoms. The molecule has 4 nitrogen and oxygen atoms in total. The monoisotopic (exact) mass is 640 g/mol. The molecule has 0 spiro atoms. The summed E-state index contributed by atoms with van der Waals surface area (Å²) in [6, 6.07) is 26.6. The molecule has 5 heteroatoms. The molecule has 0 saturated heterocycles. The van der Waals surface area contributed by atoms with E-state index in [0.717, 1.165) is 44.9 Å². The van der Waals surface area contributed by atoms with E-state index in [1.54, 1.807) is 6.33 Å². The van der Waals surface area contributed by atoms with Gasteiger partial charge >= 0.3 is 0 Å². The molecule has 181 valence electrons. The summed E-state index contributed by atoms with van der Waals surface area (Å²) in [5, 5.41) is 0.981. The fourth-order valence-corrected chi connectivity index (χ4v) is 3.67. The number of hydrogen-bond acceptors (Lipinski definition) is 4. The molecule has 0 aliphatic rings. The standard InChI is InChI=1S/C18H19N2O.C12H10N.Ir/c1-11-12(2)21-17-15(11)16(19-10-20-17)13-6-8-14(9-7-13)18(3,4)5;1-10-6-5-9-12(13-10)11-7-3-2-4-8-11;/h6,8-10H,1-5H3;2-7,9H,1H3;/q2*-1;. The van der Waals surface area contributed by atoms with Crippen LogP contribution < -0.4 is 0 Å².